The predicted octanol–water partition coefficient (Wildman–Crippen LogP) is 2.64. The molecule has 154 valence electrons. The second-order valence-electron chi connectivity index (χ2n) is 8.49. The first-order chi connectivity index (χ1) is 12.7. The van der Waals surface area contributed by atoms with Crippen molar-refractivity contribution in [2.24, 2.45) is 0 Å². The van der Waals surface area contributed by atoms with E-state index in [1.54, 1.807) is 9.80 Å². The van der Waals surface area contributed by atoms with Crippen molar-refractivity contribution in [3.63, 3.8) is 0 Å². The molecule has 7 heteroatoms. The third-order valence-corrected chi connectivity index (χ3v) is 5.26. The van der Waals surface area contributed by atoms with Crippen molar-refractivity contribution in [2.75, 3.05) is 32.7 Å². The van der Waals surface area contributed by atoms with Gasteiger partial charge in [-0.15, -0.1) is 0 Å². The van der Waals surface area contributed by atoms with Gasteiger partial charge in [-0.25, -0.2) is 4.79 Å². The van der Waals surface area contributed by atoms with Crippen molar-refractivity contribution in [3.05, 3.63) is 0 Å². The van der Waals surface area contributed by atoms with Gasteiger partial charge in [0.25, 0.3) is 0 Å². The molecular weight excluding hydrogens is 346 g/mol. The van der Waals surface area contributed by atoms with Crippen LogP contribution in [-0.4, -0.2) is 77.0 Å². The Morgan fingerprint density at radius 2 is 1.48 bits per heavy atom. The molecule has 2 fully saturated rings. The largest absolute Gasteiger partial charge is 0.444 e. The number of amides is 3. The lowest BCUT2D eigenvalue weighted by Crippen LogP contribution is -2.51. The molecule has 0 spiro atoms. The van der Waals surface area contributed by atoms with Gasteiger partial charge in [0.2, 0.25) is 11.8 Å². The predicted molar refractivity (Wildman–Crippen MR) is 103 cm³/mol. The SMILES string of the molecule is CCC1CCCCN1C(=O)CCC(=O)N1CCN(C(=O)OC(C)(C)C)CC1. The van der Waals surface area contributed by atoms with Crippen LogP contribution < -0.4 is 0 Å². The van der Waals surface area contributed by atoms with Gasteiger partial charge in [-0.2, -0.15) is 0 Å². The fourth-order valence-electron chi connectivity index (χ4n) is 3.73. The number of carbonyl (C=O) groups excluding carboxylic acids is 3. The topological polar surface area (TPSA) is 70.2 Å². The highest BCUT2D eigenvalue weighted by molar-refractivity contribution is 5.84. The lowest BCUT2D eigenvalue weighted by Gasteiger charge is -2.36. The molecule has 1 atom stereocenters. The first-order valence-corrected chi connectivity index (χ1v) is 10.3. The fraction of sp³-hybridized carbons (Fsp3) is 0.850. The molecule has 2 saturated heterocycles. The Balaban J connectivity index is 1.74. The van der Waals surface area contributed by atoms with Crippen molar-refractivity contribution in [1.29, 1.82) is 0 Å². The number of rotatable bonds is 4. The monoisotopic (exact) mass is 381 g/mol. The van der Waals surface area contributed by atoms with Gasteiger partial charge < -0.3 is 19.4 Å². The normalized spacial score (nSPS) is 21.2. The van der Waals surface area contributed by atoms with Gasteiger partial charge in [0.15, 0.2) is 0 Å². The molecule has 0 aromatic carbocycles. The standard InChI is InChI=1S/C20H35N3O4/c1-5-16-8-6-7-11-23(16)18(25)10-9-17(24)21-12-14-22(15-13-21)19(26)27-20(2,3)4/h16H,5-15H2,1-4H3. The van der Waals surface area contributed by atoms with Crippen LogP contribution in [0.1, 0.15) is 66.2 Å². The second-order valence-corrected chi connectivity index (χ2v) is 8.49. The average molecular weight is 382 g/mol. The third-order valence-electron chi connectivity index (χ3n) is 5.26. The quantitative estimate of drug-likeness (QED) is 0.751. The van der Waals surface area contributed by atoms with E-state index in [-0.39, 0.29) is 30.7 Å². The van der Waals surface area contributed by atoms with E-state index in [9.17, 15) is 14.4 Å². The summed E-state index contributed by atoms with van der Waals surface area (Å²) in [4.78, 5) is 42.4. The smallest absolute Gasteiger partial charge is 0.410 e. The molecule has 1 unspecified atom stereocenters. The van der Waals surface area contributed by atoms with Crippen LogP contribution in [0.3, 0.4) is 0 Å². The summed E-state index contributed by atoms with van der Waals surface area (Å²) in [6, 6.07) is 0.332. The van der Waals surface area contributed by atoms with Crippen LogP contribution in [0.15, 0.2) is 0 Å². The van der Waals surface area contributed by atoms with Gasteiger partial charge in [0.05, 0.1) is 0 Å². The third kappa shape index (κ3) is 6.40. The van der Waals surface area contributed by atoms with E-state index in [1.165, 1.54) is 6.42 Å². The summed E-state index contributed by atoms with van der Waals surface area (Å²) in [7, 11) is 0. The minimum absolute atomic E-state index is 0.00255. The molecule has 2 aliphatic rings. The molecule has 0 radical (unpaired) electrons. The van der Waals surface area contributed by atoms with Gasteiger partial charge in [0, 0.05) is 51.6 Å². The Kier molecular flexibility index (Phi) is 7.50. The molecule has 0 aromatic rings. The number of hydrogen-bond acceptors (Lipinski definition) is 4. The van der Waals surface area contributed by atoms with Crippen LogP contribution in [0.4, 0.5) is 4.79 Å². The molecule has 0 N–H and O–H groups in total. The highest BCUT2D eigenvalue weighted by Gasteiger charge is 2.29. The number of ether oxygens (including phenoxy) is 1. The number of nitrogens with zero attached hydrogens (tertiary/aromatic N) is 3. The highest BCUT2D eigenvalue weighted by atomic mass is 16.6. The summed E-state index contributed by atoms with van der Waals surface area (Å²) in [5.74, 6) is 0.0968. The number of piperidine rings is 1. The Labute approximate surface area is 163 Å². The molecule has 7 nitrogen and oxygen atoms in total. The number of carbonyl (C=O) groups is 3. The fourth-order valence-corrected chi connectivity index (χ4v) is 3.73. The van der Waals surface area contributed by atoms with E-state index >= 15 is 0 Å². The van der Waals surface area contributed by atoms with Gasteiger partial charge in [-0.3, -0.25) is 9.59 Å². The Bertz CT molecular complexity index is 536. The van der Waals surface area contributed by atoms with Crippen LogP contribution >= 0.6 is 0 Å². The van der Waals surface area contributed by atoms with Crippen molar-refractivity contribution in [3.8, 4) is 0 Å². The first kappa shape index (κ1) is 21.5. The number of piperazine rings is 1. The maximum absolute atomic E-state index is 12.5. The molecular formula is C20H35N3O4. The van der Waals surface area contributed by atoms with E-state index in [1.807, 2.05) is 25.7 Å². The lowest BCUT2D eigenvalue weighted by atomic mass is 9.99. The van der Waals surface area contributed by atoms with E-state index in [4.69, 9.17) is 4.74 Å². The minimum atomic E-state index is -0.519. The van der Waals surface area contributed by atoms with Crippen LogP contribution in [0.25, 0.3) is 0 Å². The van der Waals surface area contributed by atoms with Crippen molar-refractivity contribution < 1.29 is 19.1 Å². The van der Waals surface area contributed by atoms with Crippen molar-refractivity contribution in [2.45, 2.75) is 77.9 Å². The van der Waals surface area contributed by atoms with Crippen molar-refractivity contribution >= 4 is 17.9 Å². The van der Waals surface area contributed by atoms with E-state index in [2.05, 4.69) is 6.92 Å². The Morgan fingerprint density at radius 3 is 2.07 bits per heavy atom. The zero-order valence-corrected chi connectivity index (χ0v) is 17.3. The molecule has 27 heavy (non-hydrogen) atoms. The second kappa shape index (κ2) is 9.42. The molecule has 0 aromatic heterocycles. The molecule has 0 saturated carbocycles. The lowest BCUT2D eigenvalue weighted by molar-refractivity contribution is -0.140. The molecule has 3 amide bonds. The zero-order chi connectivity index (χ0) is 20.0. The number of likely N-dealkylation sites (tertiary alicyclic amines) is 1. The van der Waals surface area contributed by atoms with Crippen LogP contribution in [0.5, 0.6) is 0 Å². The van der Waals surface area contributed by atoms with Crippen LogP contribution in [-0.2, 0) is 14.3 Å². The van der Waals surface area contributed by atoms with Crippen molar-refractivity contribution in [1.82, 2.24) is 14.7 Å². The van der Waals surface area contributed by atoms with Crippen LogP contribution in [0, 0.1) is 0 Å². The zero-order valence-electron chi connectivity index (χ0n) is 17.3. The van der Waals surface area contributed by atoms with E-state index in [0.717, 1.165) is 25.8 Å². The highest BCUT2D eigenvalue weighted by Crippen LogP contribution is 2.21. The minimum Gasteiger partial charge on any atom is -0.444 e. The summed E-state index contributed by atoms with van der Waals surface area (Å²) >= 11 is 0. The number of hydrogen-bond donors (Lipinski definition) is 0. The maximum atomic E-state index is 12.5. The summed E-state index contributed by atoms with van der Waals surface area (Å²) in [6.45, 7) is 10.4. The molecule has 0 bridgehead atoms. The van der Waals surface area contributed by atoms with Gasteiger partial charge in [-0.1, -0.05) is 6.92 Å². The van der Waals surface area contributed by atoms with E-state index in [0.29, 0.717) is 32.2 Å². The van der Waals surface area contributed by atoms with Gasteiger partial charge >= 0.3 is 6.09 Å². The Morgan fingerprint density at radius 1 is 0.889 bits per heavy atom. The maximum Gasteiger partial charge on any atom is 0.410 e. The molecule has 2 aliphatic heterocycles. The summed E-state index contributed by atoms with van der Waals surface area (Å²) in [6.07, 6.45) is 4.49. The van der Waals surface area contributed by atoms with Gasteiger partial charge in [0.1, 0.15) is 5.60 Å². The first-order valence-electron chi connectivity index (χ1n) is 10.3. The molecule has 2 rings (SSSR count). The van der Waals surface area contributed by atoms with Crippen LogP contribution in [0.2, 0.25) is 0 Å². The summed E-state index contributed by atoms with van der Waals surface area (Å²) < 4.78 is 5.37. The Hall–Kier alpha value is -1.79. The van der Waals surface area contributed by atoms with Gasteiger partial charge in [-0.05, 0) is 46.5 Å². The van der Waals surface area contributed by atoms with E-state index < -0.39 is 5.60 Å². The average Bonchev–Trinajstić information content (AvgIpc) is 2.64. The summed E-state index contributed by atoms with van der Waals surface area (Å²) in [5, 5.41) is 0. The molecule has 2 heterocycles. The summed E-state index contributed by atoms with van der Waals surface area (Å²) in [5.41, 5.74) is -0.519. The molecule has 0 aliphatic carbocycles.